The van der Waals surface area contributed by atoms with E-state index in [4.69, 9.17) is 14.6 Å². The third kappa shape index (κ3) is 21.6. The molecule has 2 N–H and O–H groups in total. The molecule has 0 rings (SSSR count). The minimum atomic E-state index is -0.821. The first-order chi connectivity index (χ1) is 13.7. The zero-order valence-electron chi connectivity index (χ0n) is 18.3. The van der Waals surface area contributed by atoms with E-state index in [1.54, 1.807) is 0 Å². The van der Waals surface area contributed by atoms with E-state index in [-0.39, 0.29) is 19.1 Å². The SMILES string of the molecule is CCCCCCCCCCCCCCCCOC[C@H](CO)OCCCC(=O)O. The number of aliphatic hydroxyl groups excluding tert-OH is 1. The molecule has 0 radical (unpaired) electrons. The van der Waals surface area contributed by atoms with E-state index < -0.39 is 5.97 Å². The van der Waals surface area contributed by atoms with Gasteiger partial charge in [-0.3, -0.25) is 4.79 Å². The third-order valence-corrected chi connectivity index (χ3v) is 5.04. The van der Waals surface area contributed by atoms with Crippen molar-refractivity contribution in [1.29, 1.82) is 0 Å². The summed E-state index contributed by atoms with van der Waals surface area (Å²) in [5, 5.41) is 17.8. The van der Waals surface area contributed by atoms with Crippen LogP contribution < -0.4 is 0 Å². The quantitative estimate of drug-likeness (QED) is 0.214. The minimum absolute atomic E-state index is 0.0915. The molecule has 0 aromatic heterocycles. The van der Waals surface area contributed by atoms with Gasteiger partial charge in [0.05, 0.1) is 13.2 Å². The number of carbonyl (C=O) groups is 1. The number of carboxylic acids is 1. The standard InChI is InChI=1S/C23H46O5/c1-2-3-4-5-6-7-8-9-10-11-12-13-14-15-18-27-21-22(20-24)28-19-16-17-23(25)26/h22,24H,2-21H2,1H3,(H,25,26)/t22-/m0/s1. The fourth-order valence-corrected chi connectivity index (χ4v) is 3.24. The smallest absolute Gasteiger partial charge is 0.303 e. The number of unbranched alkanes of at least 4 members (excludes halogenated alkanes) is 13. The van der Waals surface area contributed by atoms with E-state index in [9.17, 15) is 9.90 Å². The van der Waals surface area contributed by atoms with Crippen molar-refractivity contribution in [3.63, 3.8) is 0 Å². The number of ether oxygens (including phenoxy) is 2. The zero-order chi connectivity index (χ0) is 20.7. The lowest BCUT2D eigenvalue weighted by molar-refractivity contribution is -0.137. The van der Waals surface area contributed by atoms with Gasteiger partial charge in [-0.2, -0.15) is 0 Å². The van der Waals surface area contributed by atoms with Gasteiger partial charge in [0.15, 0.2) is 0 Å². The van der Waals surface area contributed by atoms with Crippen LogP contribution in [0.3, 0.4) is 0 Å². The molecule has 0 saturated heterocycles. The molecular weight excluding hydrogens is 356 g/mol. The summed E-state index contributed by atoms with van der Waals surface area (Å²) in [4.78, 5) is 10.4. The lowest BCUT2D eigenvalue weighted by Gasteiger charge is -2.15. The van der Waals surface area contributed by atoms with Crippen molar-refractivity contribution in [3.8, 4) is 0 Å². The highest BCUT2D eigenvalue weighted by Crippen LogP contribution is 2.13. The molecule has 0 spiro atoms. The van der Waals surface area contributed by atoms with Crippen LogP contribution in [0.5, 0.6) is 0 Å². The molecule has 0 heterocycles. The van der Waals surface area contributed by atoms with Crippen LogP contribution >= 0.6 is 0 Å². The molecule has 28 heavy (non-hydrogen) atoms. The van der Waals surface area contributed by atoms with Gasteiger partial charge in [0.2, 0.25) is 0 Å². The molecule has 0 bridgehead atoms. The van der Waals surface area contributed by atoms with Gasteiger partial charge >= 0.3 is 5.97 Å². The Morgan fingerprint density at radius 2 is 1.25 bits per heavy atom. The summed E-state index contributed by atoms with van der Waals surface area (Å²) in [7, 11) is 0. The maximum absolute atomic E-state index is 10.4. The second-order valence-corrected chi connectivity index (χ2v) is 7.84. The van der Waals surface area contributed by atoms with Crippen molar-refractivity contribution in [1.82, 2.24) is 0 Å². The van der Waals surface area contributed by atoms with Crippen LogP contribution in [-0.4, -0.2) is 48.7 Å². The number of hydrogen-bond acceptors (Lipinski definition) is 4. The molecular formula is C23H46O5. The maximum Gasteiger partial charge on any atom is 0.303 e. The third-order valence-electron chi connectivity index (χ3n) is 5.04. The van der Waals surface area contributed by atoms with Crippen LogP contribution in [0, 0.1) is 0 Å². The average molecular weight is 403 g/mol. The Morgan fingerprint density at radius 3 is 1.71 bits per heavy atom. The highest BCUT2D eigenvalue weighted by atomic mass is 16.5. The molecule has 0 aliphatic heterocycles. The van der Waals surface area contributed by atoms with Crippen LogP contribution in [-0.2, 0) is 14.3 Å². The van der Waals surface area contributed by atoms with Crippen LogP contribution in [0.4, 0.5) is 0 Å². The van der Waals surface area contributed by atoms with Crippen LogP contribution in [0.2, 0.25) is 0 Å². The summed E-state index contributed by atoms with van der Waals surface area (Å²) < 4.78 is 11.0. The highest BCUT2D eigenvalue weighted by molar-refractivity contribution is 5.66. The fraction of sp³-hybridized carbons (Fsp3) is 0.957. The van der Waals surface area contributed by atoms with E-state index in [1.165, 1.54) is 83.5 Å². The van der Waals surface area contributed by atoms with E-state index >= 15 is 0 Å². The lowest BCUT2D eigenvalue weighted by Crippen LogP contribution is -2.25. The Morgan fingerprint density at radius 1 is 0.750 bits per heavy atom. The normalized spacial score (nSPS) is 12.4. The van der Waals surface area contributed by atoms with Crippen LogP contribution in [0.25, 0.3) is 0 Å². The van der Waals surface area contributed by atoms with Gasteiger partial charge in [-0.05, 0) is 12.8 Å². The first-order valence-electron chi connectivity index (χ1n) is 11.7. The zero-order valence-corrected chi connectivity index (χ0v) is 18.3. The van der Waals surface area contributed by atoms with Gasteiger partial charge in [-0.1, -0.05) is 90.4 Å². The molecule has 5 heteroatoms. The second-order valence-electron chi connectivity index (χ2n) is 7.84. The predicted octanol–water partition coefficient (Wildman–Crippen LogP) is 5.73. The molecule has 5 nitrogen and oxygen atoms in total. The van der Waals surface area contributed by atoms with E-state index in [2.05, 4.69) is 6.92 Å². The summed E-state index contributed by atoms with van der Waals surface area (Å²) >= 11 is 0. The van der Waals surface area contributed by atoms with Gasteiger partial charge in [-0.25, -0.2) is 0 Å². The number of aliphatic hydroxyl groups is 1. The predicted molar refractivity (Wildman–Crippen MR) is 115 cm³/mol. The van der Waals surface area contributed by atoms with Crippen molar-refractivity contribution in [2.24, 2.45) is 0 Å². The maximum atomic E-state index is 10.4. The van der Waals surface area contributed by atoms with Gasteiger partial charge in [0, 0.05) is 19.6 Å². The summed E-state index contributed by atoms with van der Waals surface area (Å²) in [6.07, 6.45) is 19.0. The molecule has 0 fully saturated rings. The monoisotopic (exact) mass is 402 g/mol. The van der Waals surface area contributed by atoms with Gasteiger partial charge < -0.3 is 19.7 Å². The summed E-state index contributed by atoms with van der Waals surface area (Å²) in [5.41, 5.74) is 0. The van der Waals surface area contributed by atoms with Crippen LogP contribution in [0.1, 0.15) is 110 Å². The first-order valence-corrected chi connectivity index (χ1v) is 11.7. The number of carboxylic acid groups (broad SMARTS) is 1. The molecule has 0 aliphatic carbocycles. The lowest BCUT2D eigenvalue weighted by atomic mass is 10.0. The van der Waals surface area contributed by atoms with Crippen molar-refractivity contribution in [2.45, 2.75) is 116 Å². The van der Waals surface area contributed by atoms with Crippen LogP contribution in [0.15, 0.2) is 0 Å². The minimum Gasteiger partial charge on any atom is -0.481 e. The second kappa shape index (κ2) is 22.6. The summed E-state index contributed by atoms with van der Waals surface area (Å²) in [6, 6.07) is 0. The Balaban J connectivity index is 3.22. The molecule has 0 aliphatic rings. The Labute approximate surface area is 173 Å². The Kier molecular flexibility index (Phi) is 22.1. The van der Waals surface area contributed by atoms with Crippen molar-refractivity contribution >= 4 is 5.97 Å². The number of rotatable bonds is 23. The van der Waals surface area contributed by atoms with Crippen molar-refractivity contribution < 1.29 is 24.5 Å². The molecule has 168 valence electrons. The summed E-state index contributed by atoms with van der Waals surface area (Å²) in [6.45, 7) is 3.60. The summed E-state index contributed by atoms with van der Waals surface area (Å²) in [5.74, 6) is -0.821. The molecule has 1 atom stereocenters. The molecule has 0 amide bonds. The molecule has 0 aromatic carbocycles. The first kappa shape index (κ1) is 27.4. The van der Waals surface area contributed by atoms with Crippen molar-refractivity contribution in [2.75, 3.05) is 26.4 Å². The topological polar surface area (TPSA) is 76.0 Å². The van der Waals surface area contributed by atoms with Gasteiger partial charge in [0.25, 0.3) is 0 Å². The molecule has 0 unspecified atom stereocenters. The Bertz CT molecular complexity index is 322. The Hall–Kier alpha value is -0.650. The average Bonchev–Trinajstić information content (AvgIpc) is 2.69. The number of hydrogen-bond donors (Lipinski definition) is 2. The molecule has 0 saturated carbocycles. The van der Waals surface area contributed by atoms with Gasteiger partial charge in [-0.15, -0.1) is 0 Å². The number of aliphatic carboxylic acids is 1. The fourth-order valence-electron chi connectivity index (χ4n) is 3.24. The van der Waals surface area contributed by atoms with Gasteiger partial charge in [0.1, 0.15) is 6.10 Å². The largest absolute Gasteiger partial charge is 0.481 e. The molecule has 0 aromatic rings. The van der Waals surface area contributed by atoms with Crippen molar-refractivity contribution in [3.05, 3.63) is 0 Å². The highest BCUT2D eigenvalue weighted by Gasteiger charge is 2.08. The van der Waals surface area contributed by atoms with E-state index in [0.29, 0.717) is 26.2 Å². The van der Waals surface area contributed by atoms with E-state index in [0.717, 1.165) is 6.42 Å². The van der Waals surface area contributed by atoms with E-state index in [1.807, 2.05) is 0 Å².